The quantitative estimate of drug-likeness (QED) is 0.859. The molecule has 0 aliphatic heterocycles. The number of nitrogens with zero attached hydrogens (tertiary/aromatic N) is 1. The third-order valence-corrected chi connectivity index (χ3v) is 4.35. The highest BCUT2D eigenvalue weighted by atomic mass is 79.9. The molecule has 1 aliphatic rings. The van der Waals surface area contributed by atoms with Crippen molar-refractivity contribution in [3.8, 4) is 0 Å². The Hall–Kier alpha value is -0.610. The number of halogens is 2. The molecule has 1 amide bonds. The Balaban J connectivity index is 1.97. The van der Waals surface area contributed by atoms with E-state index >= 15 is 0 Å². The Labute approximate surface area is 120 Å². The van der Waals surface area contributed by atoms with Crippen LogP contribution in [-0.4, -0.2) is 17.4 Å². The molecule has 0 saturated heterocycles. The molecule has 5 heteroatoms. The second-order valence-corrected chi connectivity index (χ2v) is 6.14. The lowest BCUT2D eigenvalue weighted by Gasteiger charge is -2.16. The van der Waals surface area contributed by atoms with E-state index in [0.29, 0.717) is 17.4 Å². The number of pyridine rings is 1. The molecule has 3 nitrogen and oxygen atoms in total. The van der Waals surface area contributed by atoms with E-state index in [1.54, 1.807) is 12.3 Å². The number of carbonyl (C=O) groups excluding carboxylic acids is 1. The third kappa shape index (κ3) is 3.23. The molecule has 2 rings (SSSR count). The van der Waals surface area contributed by atoms with E-state index in [0.717, 1.165) is 11.0 Å². The molecular weight excluding hydrogens is 316 g/mol. The van der Waals surface area contributed by atoms with Crippen LogP contribution in [0.5, 0.6) is 0 Å². The normalized spacial score (nSPS) is 23.1. The molecule has 1 aliphatic carbocycles. The highest BCUT2D eigenvalue weighted by molar-refractivity contribution is 9.10. The number of amides is 1. The topological polar surface area (TPSA) is 42.0 Å². The molecule has 0 bridgehead atoms. The van der Waals surface area contributed by atoms with Gasteiger partial charge in [-0.25, -0.2) is 4.98 Å². The second-order valence-electron chi connectivity index (χ2n) is 4.87. The summed E-state index contributed by atoms with van der Waals surface area (Å²) in [6.45, 7) is 2.97. The fourth-order valence-electron chi connectivity index (χ4n) is 2.43. The Morgan fingerprint density at radius 1 is 1.61 bits per heavy atom. The zero-order chi connectivity index (χ0) is 13.1. The van der Waals surface area contributed by atoms with Crippen LogP contribution in [0.1, 0.15) is 36.5 Å². The van der Waals surface area contributed by atoms with Gasteiger partial charge in [-0.3, -0.25) is 4.79 Å². The Morgan fingerprint density at radius 3 is 3.06 bits per heavy atom. The first-order valence-electron chi connectivity index (χ1n) is 6.17. The summed E-state index contributed by atoms with van der Waals surface area (Å²) in [6, 6.07) is 1.70. The van der Waals surface area contributed by atoms with E-state index in [2.05, 4.69) is 33.2 Å². The Morgan fingerprint density at radius 2 is 2.39 bits per heavy atom. The maximum Gasteiger partial charge on any atom is 0.254 e. The van der Waals surface area contributed by atoms with Gasteiger partial charge in [0.05, 0.1) is 5.56 Å². The van der Waals surface area contributed by atoms with Crippen LogP contribution in [0.2, 0.25) is 5.15 Å². The largest absolute Gasteiger partial charge is 0.352 e. The van der Waals surface area contributed by atoms with Crippen LogP contribution in [0.3, 0.4) is 0 Å². The van der Waals surface area contributed by atoms with Crippen LogP contribution in [0.15, 0.2) is 16.7 Å². The van der Waals surface area contributed by atoms with Crippen molar-refractivity contribution in [2.24, 2.45) is 11.8 Å². The molecule has 0 radical (unpaired) electrons. The Kier molecular flexibility index (Phi) is 4.62. The maximum atomic E-state index is 12.0. The standard InChI is InChI=1S/C13H16BrClN2O/c1-8-3-2-4-9(8)6-17-13(18)11-5-10(14)7-16-12(11)15/h5,7-9H,2-4,6H2,1H3,(H,17,18). The van der Waals surface area contributed by atoms with Crippen molar-refractivity contribution in [3.05, 3.63) is 27.5 Å². The zero-order valence-corrected chi connectivity index (χ0v) is 12.6. The Bertz CT molecular complexity index is 453. The molecule has 1 heterocycles. The smallest absolute Gasteiger partial charge is 0.254 e. The molecule has 1 fully saturated rings. The van der Waals surface area contributed by atoms with Crippen molar-refractivity contribution in [1.82, 2.24) is 10.3 Å². The van der Waals surface area contributed by atoms with Crippen molar-refractivity contribution in [2.75, 3.05) is 6.54 Å². The summed E-state index contributed by atoms with van der Waals surface area (Å²) in [5.74, 6) is 1.14. The van der Waals surface area contributed by atoms with Gasteiger partial charge in [-0.05, 0) is 40.3 Å². The van der Waals surface area contributed by atoms with Gasteiger partial charge in [0.15, 0.2) is 0 Å². The van der Waals surface area contributed by atoms with Gasteiger partial charge in [0.25, 0.3) is 5.91 Å². The van der Waals surface area contributed by atoms with Gasteiger partial charge in [0.1, 0.15) is 5.15 Å². The van der Waals surface area contributed by atoms with Crippen LogP contribution >= 0.6 is 27.5 Å². The molecule has 0 aromatic carbocycles. The molecule has 1 aromatic heterocycles. The third-order valence-electron chi connectivity index (χ3n) is 3.61. The summed E-state index contributed by atoms with van der Waals surface area (Å²) in [7, 11) is 0. The van der Waals surface area contributed by atoms with Crippen molar-refractivity contribution in [1.29, 1.82) is 0 Å². The number of carbonyl (C=O) groups is 1. The van der Waals surface area contributed by atoms with E-state index in [1.807, 2.05) is 0 Å². The van der Waals surface area contributed by atoms with E-state index in [9.17, 15) is 4.79 Å². The first-order valence-corrected chi connectivity index (χ1v) is 7.34. The maximum absolute atomic E-state index is 12.0. The molecule has 0 spiro atoms. The lowest BCUT2D eigenvalue weighted by Crippen LogP contribution is -2.30. The van der Waals surface area contributed by atoms with Crippen LogP contribution in [-0.2, 0) is 0 Å². The number of nitrogens with one attached hydrogen (secondary N) is 1. The molecule has 2 unspecified atom stereocenters. The van der Waals surface area contributed by atoms with Crippen LogP contribution < -0.4 is 5.32 Å². The zero-order valence-electron chi connectivity index (χ0n) is 10.2. The molecular formula is C13H16BrClN2O. The van der Waals surface area contributed by atoms with Crippen molar-refractivity contribution < 1.29 is 4.79 Å². The van der Waals surface area contributed by atoms with E-state index in [-0.39, 0.29) is 11.1 Å². The molecule has 2 atom stereocenters. The predicted molar refractivity (Wildman–Crippen MR) is 75.8 cm³/mol. The summed E-state index contributed by atoms with van der Waals surface area (Å²) in [5.41, 5.74) is 0.427. The SMILES string of the molecule is CC1CCCC1CNC(=O)c1cc(Br)cnc1Cl. The molecule has 1 saturated carbocycles. The lowest BCUT2D eigenvalue weighted by molar-refractivity contribution is 0.0944. The monoisotopic (exact) mass is 330 g/mol. The van der Waals surface area contributed by atoms with Gasteiger partial charge in [-0.1, -0.05) is 31.4 Å². The average molecular weight is 332 g/mol. The van der Waals surface area contributed by atoms with Crippen LogP contribution in [0.25, 0.3) is 0 Å². The fourth-order valence-corrected chi connectivity index (χ4v) is 2.95. The molecule has 1 aromatic rings. The highest BCUT2D eigenvalue weighted by Crippen LogP contribution is 2.30. The van der Waals surface area contributed by atoms with Crippen LogP contribution in [0, 0.1) is 11.8 Å². The minimum atomic E-state index is -0.145. The van der Waals surface area contributed by atoms with Gasteiger partial charge < -0.3 is 5.32 Å². The number of hydrogen-bond acceptors (Lipinski definition) is 2. The van der Waals surface area contributed by atoms with Gasteiger partial charge >= 0.3 is 0 Å². The first-order chi connectivity index (χ1) is 8.58. The van der Waals surface area contributed by atoms with Gasteiger partial charge in [-0.15, -0.1) is 0 Å². The van der Waals surface area contributed by atoms with Gasteiger partial charge in [0, 0.05) is 17.2 Å². The van der Waals surface area contributed by atoms with E-state index < -0.39 is 0 Å². The summed E-state index contributed by atoms with van der Waals surface area (Å²) < 4.78 is 0.756. The molecule has 1 N–H and O–H groups in total. The van der Waals surface area contributed by atoms with Crippen molar-refractivity contribution in [3.63, 3.8) is 0 Å². The average Bonchev–Trinajstić information content (AvgIpc) is 2.75. The van der Waals surface area contributed by atoms with E-state index in [1.165, 1.54) is 19.3 Å². The van der Waals surface area contributed by atoms with Crippen LogP contribution in [0.4, 0.5) is 0 Å². The van der Waals surface area contributed by atoms with Gasteiger partial charge in [0.2, 0.25) is 0 Å². The fraction of sp³-hybridized carbons (Fsp3) is 0.538. The summed E-state index contributed by atoms with van der Waals surface area (Å²) >= 11 is 9.21. The second kappa shape index (κ2) is 6.02. The molecule has 18 heavy (non-hydrogen) atoms. The number of hydrogen-bond donors (Lipinski definition) is 1. The lowest BCUT2D eigenvalue weighted by atomic mass is 9.98. The van der Waals surface area contributed by atoms with Crippen molar-refractivity contribution in [2.45, 2.75) is 26.2 Å². The van der Waals surface area contributed by atoms with Gasteiger partial charge in [-0.2, -0.15) is 0 Å². The highest BCUT2D eigenvalue weighted by Gasteiger charge is 2.24. The molecule has 98 valence electrons. The minimum Gasteiger partial charge on any atom is -0.352 e. The van der Waals surface area contributed by atoms with Crippen molar-refractivity contribution >= 4 is 33.4 Å². The summed E-state index contributed by atoms with van der Waals surface area (Å²) in [4.78, 5) is 16.0. The predicted octanol–water partition coefficient (Wildman–Crippen LogP) is 3.66. The summed E-state index contributed by atoms with van der Waals surface area (Å²) in [5, 5.41) is 3.20. The first kappa shape index (κ1) is 13.8. The number of rotatable bonds is 3. The minimum absolute atomic E-state index is 0.145. The van der Waals surface area contributed by atoms with E-state index in [4.69, 9.17) is 11.6 Å². The summed E-state index contributed by atoms with van der Waals surface area (Å²) in [6.07, 6.45) is 5.31. The number of aromatic nitrogens is 1.